The number of rotatable bonds is 7. The molecule has 1 fully saturated rings. The maximum Gasteiger partial charge on any atom is 0.353 e. The van der Waals surface area contributed by atoms with Crippen LogP contribution in [-0.4, -0.2) is 46.8 Å². The first-order valence-corrected chi connectivity index (χ1v) is 10.8. The van der Waals surface area contributed by atoms with E-state index in [9.17, 15) is 18.8 Å². The number of nitrogens with zero attached hydrogens (tertiary/aromatic N) is 1. The molecule has 1 aliphatic rings. The van der Waals surface area contributed by atoms with Crippen LogP contribution < -0.4 is 10.5 Å². The molecule has 1 aliphatic heterocycles. The third kappa shape index (κ3) is 5.13. The van der Waals surface area contributed by atoms with Crippen molar-refractivity contribution in [3.05, 3.63) is 51.5 Å². The van der Waals surface area contributed by atoms with Crippen LogP contribution in [0, 0.1) is 22.6 Å². The highest BCUT2D eigenvalue weighted by Gasteiger charge is 2.38. The van der Waals surface area contributed by atoms with Crippen LogP contribution in [0.1, 0.15) is 40.4 Å². The normalized spacial score (nSPS) is 16.1. The number of amidine groups is 1. The van der Waals surface area contributed by atoms with E-state index in [0.29, 0.717) is 19.4 Å². The molecule has 1 atom stereocenters. The predicted octanol–water partition coefficient (Wildman–Crippen LogP) is 2.89. The highest BCUT2D eigenvalue weighted by Crippen LogP contribution is 2.31. The van der Waals surface area contributed by atoms with E-state index in [0.717, 1.165) is 22.3 Å². The van der Waals surface area contributed by atoms with Crippen molar-refractivity contribution in [1.29, 1.82) is 5.41 Å². The molecule has 0 saturated carbocycles. The number of benzene rings is 1. The number of nitrogen functional groups attached to an aromatic ring is 1. The van der Waals surface area contributed by atoms with E-state index < -0.39 is 29.1 Å². The van der Waals surface area contributed by atoms with Gasteiger partial charge in [-0.2, -0.15) is 0 Å². The molecule has 0 radical (unpaired) electrons. The number of nitrogens with one attached hydrogen (secondary N) is 1. The van der Waals surface area contributed by atoms with Crippen molar-refractivity contribution in [1.82, 2.24) is 4.90 Å². The summed E-state index contributed by atoms with van der Waals surface area (Å²) in [7, 11) is 0. The largest absolute Gasteiger partial charge is 0.481 e. The zero-order valence-electron chi connectivity index (χ0n) is 17.7. The number of amides is 1. The third-order valence-electron chi connectivity index (χ3n) is 5.33. The van der Waals surface area contributed by atoms with Crippen LogP contribution in [0.3, 0.4) is 0 Å². The molecule has 0 aliphatic carbocycles. The summed E-state index contributed by atoms with van der Waals surface area (Å²) in [4.78, 5) is 39.1. The molecular weight excluding hydrogens is 437 g/mol. The van der Waals surface area contributed by atoms with Gasteiger partial charge < -0.3 is 20.5 Å². The molecule has 2 aromatic rings. The Morgan fingerprint density at radius 1 is 1.31 bits per heavy atom. The number of carbonyl (C=O) groups is 3. The Morgan fingerprint density at radius 2 is 2.03 bits per heavy atom. The number of carboxylic acids is 1. The number of carboxylic acid groups (broad SMARTS) is 1. The number of halogens is 1. The van der Waals surface area contributed by atoms with Crippen LogP contribution in [0.2, 0.25) is 0 Å². The van der Waals surface area contributed by atoms with Gasteiger partial charge in [-0.1, -0.05) is 13.8 Å². The minimum atomic E-state index is -0.896. The Bertz CT molecular complexity index is 1080. The Hall–Kier alpha value is -3.27. The second-order valence-electron chi connectivity index (χ2n) is 8.35. The maximum atomic E-state index is 14.1. The van der Waals surface area contributed by atoms with Gasteiger partial charge in [-0.05, 0) is 43.2 Å². The fourth-order valence-electron chi connectivity index (χ4n) is 3.57. The lowest BCUT2D eigenvalue weighted by molar-refractivity contribution is -0.142. The molecule has 10 heteroatoms. The van der Waals surface area contributed by atoms with Gasteiger partial charge in [0.05, 0.1) is 5.92 Å². The highest BCUT2D eigenvalue weighted by atomic mass is 32.1. The van der Waals surface area contributed by atoms with E-state index in [2.05, 4.69) is 0 Å². The number of likely N-dealkylation sites (tertiary alicyclic amines) is 1. The van der Waals surface area contributed by atoms with Gasteiger partial charge in [0.25, 0.3) is 0 Å². The Balaban J connectivity index is 1.65. The lowest BCUT2D eigenvalue weighted by atomic mass is 9.87. The molecular formula is C22H24FN3O5S. The molecule has 8 nitrogen and oxygen atoms in total. The van der Waals surface area contributed by atoms with Gasteiger partial charge in [0, 0.05) is 28.9 Å². The maximum absolute atomic E-state index is 14.1. The van der Waals surface area contributed by atoms with E-state index in [-0.39, 0.29) is 34.5 Å². The summed E-state index contributed by atoms with van der Waals surface area (Å²) in [6, 6.07) is 6.92. The van der Waals surface area contributed by atoms with Gasteiger partial charge in [-0.3, -0.25) is 15.0 Å². The van der Waals surface area contributed by atoms with Gasteiger partial charge in [0.1, 0.15) is 10.7 Å². The summed E-state index contributed by atoms with van der Waals surface area (Å²) in [6.45, 7) is 4.18. The van der Waals surface area contributed by atoms with Crippen LogP contribution in [-0.2, 0) is 16.0 Å². The summed E-state index contributed by atoms with van der Waals surface area (Å²) < 4.78 is 19.3. The number of aliphatic carboxylic acids is 1. The molecule has 3 rings (SSSR count). The van der Waals surface area contributed by atoms with Crippen LogP contribution in [0.5, 0.6) is 5.75 Å². The summed E-state index contributed by atoms with van der Waals surface area (Å²) in [5, 5.41) is 16.5. The van der Waals surface area contributed by atoms with Crippen LogP contribution in [0.4, 0.5) is 4.39 Å². The predicted molar refractivity (Wildman–Crippen MR) is 117 cm³/mol. The Labute approximate surface area is 188 Å². The number of hydrogen-bond donors (Lipinski definition) is 3. The first-order valence-electron chi connectivity index (χ1n) is 9.95. The standard InChI is InChI=1S/C22H24FN3O5S/c1-22(2,21(30)26-8-7-13(11-26)19(27)28)10-14-4-6-17(32-14)20(29)31-16-5-3-12(18(24)25)9-15(16)23/h3-6,9,13H,7-8,10-11H2,1-2H3,(H3,24,25)(H,27,28). The van der Waals surface area contributed by atoms with E-state index in [1.807, 2.05) is 0 Å². The minimum absolute atomic E-state index is 0.133. The monoisotopic (exact) mass is 461 g/mol. The molecule has 1 amide bonds. The smallest absolute Gasteiger partial charge is 0.353 e. The molecule has 1 aromatic heterocycles. The van der Waals surface area contributed by atoms with Crippen molar-refractivity contribution >= 4 is 35.0 Å². The van der Waals surface area contributed by atoms with Gasteiger partial charge >= 0.3 is 11.9 Å². The van der Waals surface area contributed by atoms with Crippen molar-refractivity contribution in [2.24, 2.45) is 17.1 Å². The minimum Gasteiger partial charge on any atom is -0.481 e. The van der Waals surface area contributed by atoms with Crippen molar-refractivity contribution in [3.8, 4) is 5.75 Å². The van der Waals surface area contributed by atoms with E-state index >= 15 is 0 Å². The van der Waals surface area contributed by atoms with Crippen LogP contribution in [0.25, 0.3) is 0 Å². The summed E-state index contributed by atoms with van der Waals surface area (Å²) >= 11 is 1.15. The molecule has 170 valence electrons. The number of carbonyl (C=O) groups excluding carboxylic acids is 2. The SMILES string of the molecule is CC(C)(Cc1ccc(C(=O)Oc2ccc(C(=N)N)cc2F)s1)C(=O)N1CCC(C(=O)O)C1. The molecule has 1 saturated heterocycles. The summed E-state index contributed by atoms with van der Waals surface area (Å²) in [5.41, 5.74) is 4.71. The number of nitrogens with two attached hydrogens (primary N) is 1. The van der Waals surface area contributed by atoms with Crippen molar-refractivity contribution in [2.45, 2.75) is 26.7 Å². The van der Waals surface area contributed by atoms with Crippen LogP contribution >= 0.6 is 11.3 Å². The van der Waals surface area contributed by atoms with Gasteiger partial charge in [0.2, 0.25) is 5.91 Å². The molecule has 1 aromatic carbocycles. The molecule has 32 heavy (non-hydrogen) atoms. The molecule has 4 N–H and O–H groups in total. The summed E-state index contributed by atoms with van der Waals surface area (Å²) in [5.74, 6) is -3.67. The highest BCUT2D eigenvalue weighted by molar-refractivity contribution is 7.14. The number of ether oxygens (including phenoxy) is 1. The van der Waals surface area contributed by atoms with E-state index in [1.54, 1.807) is 30.9 Å². The first-order chi connectivity index (χ1) is 15.0. The Kier molecular flexibility index (Phi) is 6.63. The zero-order chi connectivity index (χ0) is 23.6. The zero-order valence-corrected chi connectivity index (χ0v) is 18.5. The quantitative estimate of drug-likeness (QED) is 0.251. The first kappa shape index (κ1) is 23.4. The van der Waals surface area contributed by atoms with Crippen molar-refractivity contribution in [3.63, 3.8) is 0 Å². The second-order valence-corrected chi connectivity index (χ2v) is 9.52. The molecule has 0 bridgehead atoms. The van der Waals surface area contributed by atoms with E-state index in [1.165, 1.54) is 12.1 Å². The molecule has 1 unspecified atom stereocenters. The fourth-order valence-corrected chi connectivity index (χ4v) is 4.68. The van der Waals surface area contributed by atoms with Gasteiger partial charge in [0.15, 0.2) is 11.6 Å². The molecule has 0 spiro atoms. The lowest BCUT2D eigenvalue weighted by Crippen LogP contribution is -2.41. The van der Waals surface area contributed by atoms with Gasteiger partial charge in [-0.25, -0.2) is 9.18 Å². The number of thiophene rings is 1. The Morgan fingerprint density at radius 3 is 2.62 bits per heavy atom. The lowest BCUT2D eigenvalue weighted by Gasteiger charge is -2.28. The second kappa shape index (κ2) is 9.07. The van der Waals surface area contributed by atoms with Gasteiger partial charge in [-0.15, -0.1) is 11.3 Å². The number of esters is 1. The fraction of sp³-hybridized carbons (Fsp3) is 0.364. The average Bonchev–Trinajstić information content (AvgIpc) is 3.38. The summed E-state index contributed by atoms with van der Waals surface area (Å²) in [6.07, 6.45) is 0.801. The van der Waals surface area contributed by atoms with E-state index in [4.69, 9.17) is 21.0 Å². The number of hydrogen-bond acceptors (Lipinski definition) is 6. The van der Waals surface area contributed by atoms with Crippen molar-refractivity contribution < 1.29 is 28.6 Å². The topological polar surface area (TPSA) is 134 Å². The average molecular weight is 462 g/mol. The third-order valence-corrected chi connectivity index (χ3v) is 6.39. The molecule has 2 heterocycles. The van der Waals surface area contributed by atoms with Crippen molar-refractivity contribution in [2.75, 3.05) is 13.1 Å². The van der Waals surface area contributed by atoms with Crippen LogP contribution in [0.15, 0.2) is 30.3 Å².